The van der Waals surface area contributed by atoms with Gasteiger partial charge in [0.15, 0.2) is 0 Å². The topological polar surface area (TPSA) is 69.7 Å². The van der Waals surface area contributed by atoms with E-state index in [1.165, 1.54) is 0 Å². The average Bonchev–Trinajstić information content (AvgIpc) is 2.57. The number of hydrogen-bond donors (Lipinski definition) is 1. The van der Waals surface area contributed by atoms with E-state index in [-0.39, 0.29) is 35.7 Å². The zero-order chi connectivity index (χ0) is 19.4. The molecule has 0 saturated carbocycles. The fourth-order valence-corrected chi connectivity index (χ4v) is 3.38. The molecule has 0 aromatic heterocycles. The molecule has 26 heavy (non-hydrogen) atoms. The molecule has 0 spiro atoms. The monoisotopic (exact) mass is 359 g/mol. The predicted octanol–water partition coefficient (Wildman–Crippen LogP) is 2.75. The Bertz CT molecular complexity index is 659. The lowest BCUT2D eigenvalue weighted by Crippen LogP contribution is -2.42. The molecule has 0 bridgehead atoms. The zero-order valence-corrected chi connectivity index (χ0v) is 16.3. The van der Waals surface area contributed by atoms with Crippen molar-refractivity contribution in [3.63, 3.8) is 0 Å². The Labute approximate surface area is 155 Å². The number of nitrogens with zero attached hydrogens (tertiary/aromatic N) is 2. The second-order valence-corrected chi connectivity index (χ2v) is 7.48. The van der Waals surface area contributed by atoms with Crippen molar-refractivity contribution in [2.45, 2.75) is 52.6 Å². The van der Waals surface area contributed by atoms with Crippen LogP contribution in [0.5, 0.6) is 0 Å². The summed E-state index contributed by atoms with van der Waals surface area (Å²) in [7, 11) is 1.72. The van der Waals surface area contributed by atoms with Gasteiger partial charge in [-0.25, -0.2) is 0 Å². The van der Waals surface area contributed by atoms with Gasteiger partial charge in [0.05, 0.1) is 5.92 Å². The molecule has 1 saturated heterocycles. The highest BCUT2D eigenvalue weighted by atomic mass is 16.2. The minimum absolute atomic E-state index is 0.0136. The maximum absolute atomic E-state index is 12.7. The Morgan fingerprint density at radius 2 is 1.69 bits per heavy atom. The number of rotatable bonds is 5. The van der Waals surface area contributed by atoms with Crippen LogP contribution in [0.25, 0.3) is 0 Å². The van der Waals surface area contributed by atoms with E-state index in [1.54, 1.807) is 36.2 Å². The van der Waals surface area contributed by atoms with Gasteiger partial charge in [0.25, 0.3) is 5.91 Å². The Kier molecular flexibility index (Phi) is 6.40. The number of benzene rings is 1. The van der Waals surface area contributed by atoms with Crippen LogP contribution in [-0.4, -0.2) is 53.2 Å². The molecule has 6 nitrogen and oxygen atoms in total. The van der Waals surface area contributed by atoms with E-state index in [0.29, 0.717) is 30.6 Å². The number of amides is 3. The number of hydrogen-bond acceptors (Lipinski definition) is 3. The maximum atomic E-state index is 12.7. The van der Waals surface area contributed by atoms with Gasteiger partial charge < -0.3 is 15.1 Å². The molecule has 1 aromatic carbocycles. The van der Waals surface area contributed by atoms with Crippen LogP contribution in [0.15, 0.2) is 24.3 Å². The molecule has 1 fully saturated rings. The van der Waals surface area contributed by atoms with Crippen LogP contribution >= 0.6 is 0 Å². The third-order valence-corrected chi connectivity index (χ3v) is 4.74. The number of carbonyl (C=O) groups excluding carboxylic acids is 3. The Morgan fingerprint density at radius 3 is 2.19 bits per heavy atom. The molecule has 1 unspecified atom stereocenters. The van der Waals surface area contributed by atoms with E-state index in [4.69, 9.17) is 0 Å². The highest BCUT2D eigenvalue weighted by Crippen LogP contribution is 2.20. The van der Waals surface area contributed by atoms with Crippen LogP contribution < -0.4 is 5.32 Å². The maximum Gasteiger partial charge on any atom is 0.254 e. The number of likely N-dealkylation sites (tertiary alicyclic amines) is 1. The van der Waals surface area contributed by atoms with Gasteiger partial charge in [-0.05, 0) is 58.4 Å². The van der Waals surface area contributed by atoms with E-state index in [2.05, 4.69) is 5.32 Å². The van der Waals surface area contributed by atoms with Gasteiger partial charge in [-0.1, -0.05) is 0 Å². The van der Waals surface area contributed by atoms with E-state index in [0.717, 1.165) is 0 Å². The van der Waals surface area contributed by atoms with Gasteiger partial charge in [-0.3, -0.25) is 14.4 Å². The van der Waals surface area contributed by atoms with Crippen LogP contribution in [0, 0.1) is 5.92 Å². The quantitative estimate of drug-likeness (QED) is 0.879. The summed E-state index contributed by atoms with van der Waals surface area (Å²) in [6, 6.07) is 7.22. The summed E-state index contributed by atoms with van der Waals surface area (Å²) in [5, 5.41) is 2.89. The molecular weight excluding hydrogens is 330 g/mol. The fraction of sp³-hybridized carbons (Fsp3) is 0.550. The van der Waals surface area contributed by atoms with Crippen molar-refractivity contribution < 1.29 is 14.4 Å². The van der Waals surface area contributed by atoms with Gasteiger partial charge in [0.1, 0.15) is 0 Å². The summed E-state index contributed by atoms with van der Waals surface area (Å²) >= 11 is 0. The normalized spacial score (nSPS) is 17.6. The molecule has 2 rings (SSSR count). The number of piperidine rings is 1. The van der Waals surface area contributed by atoms with Crippen molar-refractivity contribution in [3.8, 4) is 0 Å². The molecule has 1 aliphatic rings. The summed E-state index contributed by atoms with van der Waals surface area (Å²) in [6.45, 7) is 8.44. The largest absolute Gasteiger partial charge is 0.345 e. The van der Waals surface area contributed by atoms with Crippen LogP contribution in [0.1, 0.15) is 50.9 Å². The highest BCUT2D eigenvalue weighted by Gasteiger charge is 2.28. The molecule has 1 heterocycles. The average molecular weight is 359 g/mol. The lowest BCUT2D eigenvalue weighted by atomic mass is 9.97. The Morgan fingerprint density at radius 1 is 1.12 bits per heavy atom. The van der Waals surface area contributed by atoms with E-state index >= 15 is 0 Å². The van der Waals surface area contributed by atoms with Crippen molar-refractivity contribution in [2.75, 3.05) is 18.9 Å². The van der Waals surface area contributed by atoms with Crippen molar-refractivity contribution >= 4 is 23.4 Å². The van der Waals surface area contributed by atoms with E-state index < -0.39 is 0 Å². The van der Waals surface area contributed by atoms with Crippen LogP contribution in [0.3, 0.4) is 0 Å². The second kappa shape index (κ2) is 8.34. The third-order valence-electron chi connectivity index (χ3n) is 4.74. The first kappa shape index (κ1) is 19.9. The van der Waals surface area contributed by atoms with Gasteiger partial charge in [0, 0.05) is 43.3 Å². The van der Waals surface area contributed by atoms with Gasteiger partial charge in [0.2, 0.25) is 11.8 Å². The first-order valence-corrected chi connectivity index (χ1v) is 9.18. The third kappa shape index (κ3) is 4.62. The minimum atomic E-state index is -0.198. The SMILES string of the molecule is CC(C)N(C(=O)c1ccc(NC(=O)C2CCC(=O)N(C)C2)cc1)C(C)C. The summed E-state index contributed by atoms with van der Waals surface area (Å²) in [6.07, 6.45) is 0.978. The van der Waals surface area contributed by atoms with Crippen molar-refractivity contribution in [1.29, 1.82) is 0 Å². The van der Waals surface area contributed by atoms with Crippen molar-refractivity contribution in [3.05, 3.63) is 29.8 Å². The molecular formula is C20H29N3O3. The lowest BCUT2D eigenvalue weighted by molar-refractivity contribution is -0.135. The van der Waals surface area contributed by atoms with Crippen LogP contribution in [-0.2, 0) is 9.59 Å². The summed E-state index contributed by atoms with van der Waals surface area (Å²) < 4.78 is 0. The second-order valence-electron chi connectivity index (χ2n) is 7.48. The van der Waals surface area contributed by atoms with Gasteiger partial charge >= 0.3 is 0 Å². The summed E-state index contributed by atoms with van der Waals surface area (Å²) in [5.74, 6) is -0.220. The predicted molar refractivity (Wildman–Crippen MR) is 102 cm³/mol. The Hall–Kier alpha value is -2.37. The molecule has 1 atom stereocenters. The first-order chi connectivity index (χ1) is 12.2. The summed E-state index contributed by atoms with van der Waals surface area (Å²) in [4.78, 5) is 40.0. The first-order valence-electron chi connectivity index (χ1n) is 9.18. The standard InChI is InChI=1S/C20H29N3O3/c1-13(2)23(14(3)4)20(26)15-6-9-17(10-7-15)21-19(25)16-8-11-18(24)22(5)12-16/h6-7,9-10,13-14,16H,8,11-12H2,1-5H3,(H,21,25). The minimum Gasteiger partial charge on any atom is -0.345 e. The van der Waals surface area contributed by atoms with E-state index in [1.807, 2.05) is 32.6 Å². The molecule has 1 aromatic rings. The molecule has 3 amide bonds. The fourth-order valence-electron chi connectivity index (χ4n) is 3.38. The molecule has 6 heteroatoms. The van der Waals surface area contributed by atoms with Crippen molar-refractivity contribution in [2.24, 2.45) is 5.92 Å². The molecule has 0 radical (unpaired) electrons. The number of carbonyl (C=O) groups is 3. The van der Waals surface area contributed by atoms with Crippen molar-refractivity contribution in [1.82, 2.24) is 9.80 Å². The molecule has 1 aliphatic heterocycles. The smallest absolute Gasteiger partial charge is 0.254 e. The number of anilines is 1. The molecule has 142 valence electrons. The lowest BCUT2D eigenvalue weighted by Gasteiger charge is -2.31. The van der Waals surface area contributed by atoms with E-state index in [9.17, 15) is 14.4 Å². The molecule has 0 aliphatic carbocycles. The summed E-state index contributed by atoms with van der Waals surface area (Å²) in [5.41, 5.74) is 1.26. The van der Waals surface area contributed by atoms with Crippen LogP contribution in [0.4, 0.5) is 5.69 Å². The molecule has 1 N–H and O–H groups in total. The number of nitrogens with one attached hydrogen (secondary N) is 1. The highest BCUT2D eigenvalue weighted by molar-refractivity contribution is 5.97. The Balaban J connectivity index is 2.02. The van der Waals surface area contributed by atoms with Gasteiger partial charge in [-0.15, -0.1) is 0 Å². The van der Waals surface area contributed by atoms with Crippen LogP contribution in [0.2, 0.25) is 0 Å². The zero-order valence-electron chi connectivity index (χ0n) is 16.3. The van der Waals surface area contributed by atoms with Gasteiger partial charge in [-0.2, -0.15) is 0 Å².